The minimum absolute atomic E-state index is 0.195. The zero-order valence-corrected chi connectivity index (χ0v) is 10.8. The molecule has 2 N–H and O–H groups in total. The van der Waals surface area contributed by atoms with Gasteiger partial charge in [-0.05, 0) is 49.6 Å². The van der Waals surface area contributed by atoms with Crippen LogP contribution >= 0.6 is 0 Å². The van der Waals surface area contributed by atoms with E-state index < -0.39 is 0 Å². The molecule has 0 aliphatic carbocycles. The van der Waals surface area contributed by atoms with Crippen molar-refractivity contribution in [3.05, 3.63) is 29.6 Å². The average molecular weight is 252 g/mol. The summed E-state index contributed by atoms with van der Waals surface area (Å²) >= 11 is 0. The summed E-state index contributed by atoms with van der Waals surface area (Å²) in [5.74, 6) is 0.144. The molecule has 2 rings (SSSR count). The number of aliphatic hydroxyl groups excluding tert-OH is 1. The fourth-order valence-electron chi connectivity index (χ4n) is 2.63. The van der Waals surface area contributed by atoms with Gasteiger partial charge in [-0.1, -0.05) is 0 Å². The SMILES string of the molecule is CNCc1cc(F)ccc1N1CCCC(CO)C1. The summed E-state index contributed by atoms with van der Waals surface area (Å²) in [4.78, 5) is 2.26. The first-order chi connectivity index (χ1) is 8.74. The highest BCUT2D eigenvalue weighted by Gasteiger charge is 2.21. The second-order valence-electron chi connectivity index (χ2n) is 4.94. The van der Waals surface area contributed by atoms with Gasteiger partial charge in [-0.15, -0.1) is 0 Å². The van der Waals surface area contributed by atoms with Crippen LogP contribution in [0.4, 0.5) is 10.1 Å². The number of nitrogens with zero attached hydrogens (tertiary/aromatic N) is 1. The van der Waals surface area contributed by atoms with Crippen molar-refractivity contribution in [2.45, 2.75) is 19.4 Å². The molecule has 1 unspecified atom stereocenters. The van der Waals surface area contributed by atoms with Crippen molar-refractivity contribution in [1.29, 1.82) is 0 Å². The third-order valence-electron chi connectivity index (χ3n) is 3.53. The van der Waals surface area contributed by atoms with Gasteiger partial charge in [-0.2, -0.15) is 0 Å². The molecular weight excluding hydrogens is 231 g/mol. The molecule has 4 heteroatoms. The van der Waals surface area contributed by atoms with Crippen LogP contribution < -0.4 is 10.2 Å². The number of aliphatic hydroxyl groups is 1. The molecular formula is C14H21FN2O. The lowest BCUT2D eigenvalue weighted by Gasteiger charge is -2.35. The first kappa shape index (κ1) is 13.3. The van der Waals surface area contributed by atoms with Crippen molar-refractivity contribution < 1.29 is 9.50 Å². The van der Waals surface area contributed by atoms with E-state index in [2.05, 4.69) is 10.2 Å². The molecule has 3 nitrogen and oxygen atoms in total. The highest BCUT2D eigenvalue weighted by molar-refractivity contribution is 5.54. The second-order valence-corrected chi connectivity index (χ2v) is 4.94. The zero-order chi connectivity index (χ0) is 13.0. The van der Waals surface area contributed by atoms with Gasteiger partial charge in [0.2, 0.25) is 0 Å². The lowest BCUT2D eigenvalue weighted by Crippen LogP contribution is -2.37. The van der Waals surface area contributed by atoms with Gasteiger partial charge in [0.05, 0.1) is 0 Å². The monoisotopic (exact) mass is 252 g/mol. The Kier molecular flexibility index (Phi) is 4.55. The van der Waals surface area contributed by atoms with E-state index in [1.807, 2.05) is 13.1 Å². The first-order valence-corrected chi connectivity index (χ1v) is 6.53. The van der Waals surface area contributed by atoms with Gasteiger partial charge in [0, 0.05) is 31.9 Å². The molecule has 1 atom stereocenters. The lowest BCUT2D eigenvalue weighted by atomic mass is 9.97. The van der Waals surface area contributed by atoms with Gasteiger partial charge in [-0.25, -0.2) is 4.39 Å². The molecule has 0 bridgehead atoms. The van der Waals surface area contributed by atoms with Crippen LogP contribution in [0.15, 0.2) is 18.2 Å². The van der Waals surface area contributed by atoms with Crippen LogP contribution in [0.5, 0.6) is 0 Å². The minimum Gasteiger partial charge on any atom is -0.396 e. The molecule has 0 saturated carbocycles. The van der Waals surface area contributed by atoms with Crippen LogP contribution in [-0.4, -0.2) is 31.9 Å². The predicted molar refractivity (Wildman–Crippen MR) is 71.2 cm³/mol. The summed E-state index contributed by atoms with van der Waals surface area (Å²) in [6.45, 7) is 2.74. The second kappa shape index (κ2) is 6.16. The number of benzene rings is 1. The summed E-state index contributed by atoms with van der Waals surface area (Å²) in [5.41, 5.74) is 2.07. The van der Waals surface area contributed by atoms with E-state index >= 15 is 0 Å². The van der Waals surface area contributed by atoms with Crippen molar-refractivity contribution in [2.24, 2.45) is 5.92 Å². The average Bonchev–Trinajstić information content (AvgIpc) is 2.39. The van der Waals surface area contributed by atoms with Crippen molar-refractivity contribution in [3.8, 4) is 0 Å². The minimum atomic E-state index is -0.195. The van der Waals surface area contributed by atoms with Crippen LogP contribution in [0.25, 0.3) is 0 Å². The standard InChI is InChI=1S/C14H21FN2O/c1-16-8-12-7-13(15)4-5-14(12)17-6-2-3-11(9-17)10-18/h4-5,7,11,16,18H,2-3,6,8-10H2,1H3. The van der Waals surface area contributed by atoms with Crippen molar-refractivity contribution in [2.75, 3.05) is 31.6 Å². The van der Waals surface area contributed by atoms with E-state index in [0.717, 1.165) is 37.2 Å². The normalized spacial score (nSPS) is 20.2. The maximum atomic E-state index is 13.3. The maximum absolute atomic E-state index is 13.3. The van der Waals surface area contributed by atoms with Gasteiger partial charge in [-0.3, -0.25) is 0 Å². The highest BCUT2D eigenvalue weighted by atomic mass is 19.1. The molecule has 0 aromatic heterocycles. The van der Waals surface area contributed by atoms with Crippen molar-refractivity contribution in [3.63, 3.8) is 0 Å². The van der Waals surface area contributed by atoms with E-state index in [1.54, 1.807) is 6.07 Å². The molecule has 1 aromatic rings. The Morgan fingerprint density at radius 1 is 1.50 bits per heavy atom. The quantitative estimate of drug-likeness (QED) is 0.857. The van der Waals surface area contributed by atoms with Gasteiger partial charge < -0.3 is 15.3 Å². The topological polar surface area (TPSA) is 35.5 Å². The fraction of sp³-hybridized carbons (Fsp3) is 0.571. The predicted octanol–water partition coefficient (Wildman–Crippen LogP) is 1.75. The van der Waals surface area contributed by atoms with E-state index in [1.165, 1.54) is 6.07 Å². The molecule has 0 amide bonds. The Morgan fingerprint density at radius 3 is 3.06 bits per heavy atom. The summed E-state index contributed by atoms with van der Waals surface area (Å²) < 4.78 is 13.3. The van der Waals surface area contributed by atoms with E-state index in [9.17, 15) is 9.50 Å². The summed E-state index contributed by atoms with van der Waals surface area (Å²) in [6, 6.07) is 4.95. The Morgan fingerprint density at radius 2 is 2.33 bits per heavy atom. The van der Waals surface area contributed by atoms with E-state index in [0.29, 0.717) is 12.5 Å². The molecule has 100 valence electrons. The van der Waals surface area contributed by atoms with Crippen molar-refractivity contribution >= 4 is 5.69 Å². The van der Waals surface area contributed by atoms with E-state index in [-0.39, 0.29) is 12.4 Å². The maximum Gasteiger partial charge on any atom is 0.123 e. The highest BCUT2D eigenvalue weighted by Crippen LogP contribution is 2.27. The smallest absolute Gasteiger partial charge is 0.123 e. The first-order valence-electron chi connectivity index (χ1n) is 6.53. The Labute approximate surface area is 108 Å². The number of nitrogens with one attached hydrogen (secondary N) is 1. The Hall–Kier alpha value is -1.13. The van der Waals surface area contributed by atoms with Crippen LogP contribution in [0.3, 0.4) is 0 Å². The number of rotatable bonds is 4. The number of anilines is 1. The van der Waals surface area contributed by atoms with Crippen molar-refractivity contribution in [1.82, 2.24) is 5.32 Å². The van der Waals surface area contributed by atoms with Gasteiger partial charge in [0.1, 0.15) is 5.82 Å². The molecule has 1 heterocycles. The number of hydrogen-bond acceptors (Lipinski definition) is 3. The third-order valence-corrected chi connectivity index (χ3v) is 3.53. The van der Waals surface area contributed by atoms with E-state index in [4.69, 9.17) is 0 Å². The fourth-order valence-corrected chi connectivity index (χ4v) is 2.63. The summed E-state index contributed by atoms with van der Waals surface area (Å²) in [7, 11) is 1.86. The largest absolute Gasteiger partial charge is 0.396 e. The Balaban J connectivity index is 2.20. The Bertz CT molecular complexity index is 397. The van der Waals surface area contributed by atoms with Gasteiger partial charge in [0.15, 0.2) is 0 Å². The summed E-state index contributed by atoms with van der Waals surface area (Å²) in [6.07, 6.45) is 2.16. The molecule has 1 saturated heterocycles. The molecule has 1 fully saturated rings. The molecule has 0 radical (unpaired) electrons. The number of piperidine rings is 1. The third kappa shape index (κ3) is 3.00. The molecule has 18 heavy (non-hydrogen) atoms. The molecule has 1 aliphatic rings. The van der Waals surface area contributed by atoms with Crippen LogP contribution in [0.1, 0.15) is 18.4 Å². The number of hydrogen-bond donors (Lipinski definition) is 2. The summed E-state index contributed by atoms with van der Waals surface area (Å²) in [5, 5.41) is 12.3. The van der Waals surface area contributed by atoms with Gasteiger partial charge in [0.25, 0.3) is 0 Å². The zero-order valence-electron chi connectivity index (χ0n) is 10.8. The lowest BCUT2D eigenvalue weighted by molar-refractivity contribution is 0.208. The number of halogens is 1. The van der Waals surface area contributed by atoms with Crippen LogP contribution in [0, 0.1) is 11.7 Å². The molecule has 1 aliphatic heterocycles. The van der Waals surface area contributed by atoms with Crippen LogP contribution in [0.2, 0.25) is 0 Å². The van der Waals surface area contributed by atoms with Gasteiger partial charge >= 0.3 is 0 Å². The van der Waals surface area contributed by atoms with Crippen LogP contribution in [-0.2, 0) is 6.54 Å². The molecule has 1 aromatic carbocycles. The molecule has 0 spiro atoms.